The van der Waals surface area contributed by atoms with E-state index in [1.807, 2.05) is 30.3 Å². The van der Waals surface area contributed by atoms with Crippen molar-refractivity contribution in [3.05, 3.63) is 60.2 Å². The Balaban J connectivity index is 1.53. The zero-order chi connectivity index (χ0) is 17.3. The third kappa shape index (κ3) is 3.73. The number of pyridine rings is 2. The molecule has 0 saturated carbocycles. The van der Waals surface area contributed by atoms with Crippen molar-refractivity contribution in [2.24, 2.45) is 0 Å². The molecule has 0 radical (unpaired) electrons. The summed E-state index contributed by atoms with van der Waals surface area (Å²) < 4.78 is 24.6. The predicted molar refractivity (Wildman–Crippen MR) is 95.5 cm³/mol. The Morgan fingerprint density at radius 2 is 1.60 bits per heavy atom. The summed E-state index contributed by atoms with van der Waals surface area (Å²) in [6, 6.07) is 9.97. The number of sulfone groups is 1. The molecule has 0 spiro atoms. The molecule has 0 N–H and O–H groups in total. The average molecular weight is 358 g/mol. The Kier molecular flexibility index (Phi) is 4.54. The molecule has 2 aliphatic heterocycles. The number of nitrogens with zero attached hydrogens (tertiary/aromatic N) is 4. The monoisotopic (exact) mass is 358 g/mol. The van der Waals surface area contributed by atoms with E-state index in [0.29, 0.717) is 6.54 Å². The van der Waals surface area contributed by atoms with Crippen molar-refractivity contribution >= 4 is 9.84 Å². The van der Waals surface area contributed by atoms with Gasteiger partial charge in [0.25, 0.3) is 0 Å². The number of piperazine rings is 1. The minimum atomic E-state index is -3.00. The Labute approximate surface area is 148 Å². The zero-order valence-electron chi connectivity index (χ0n) is 14.0. The summed E-state index contributed by atoms with van der Waals surface area (Å²) in [5.41, 5.74) is 2.17. The van der Waals surface area contributed by atoms with Gasteiger partial charge in [0.2, 0.25) is 0 Å². The van der Waals surface area contributed by atoms with Crippen LogP contribution in [0.4, 0.5) is 0 Å². The molecule has 4 heterocycles. The maximum absolute atomic E-state index is 12.3. The first-order valence-electron chi connectivity index (χ1n) is 8.58. The maximum Gasteiger partial charge on any atom is 0.153 e. The van der Waals surface area contributed by atoms with Gasteiger partial charge in [-0.15, -0.1) is 0 Å². The first kappa shape index (κ1) is 16.6. The van der Waals surface area contributed by atoms with Gasteiger partial charge in [0, 0.05) is 56.9 Å². The second-order valence-corrected chi connectivity index (χ2v) is 8.98. The fourth-order valence-electron chi connectivity index (χ4n) is 3.91. The lowest BCUT2D eigenvalue weighted by atomic mass is 10.0. The Morgan fingerprint density at radius 1 is 0.920 bits per heavy atom. The van der Waals surface area contributed by atoms with Gasteiger partial charge in [0.15, 0.2) is 9.84 Å². The Bertz CT molecular complexity index is 750. The van der Waals surface area contributed by atoms with E-state index < -0.39 is 9.84 Å². The lowest BCUT2D eigenvalue weighted by Gasteiger charge is -2.43. The van der Waals surface area contributed by atoms with Crippen molar-refractivity contribution in [3.63, 3.8) is 0 Å². The van der Waals surface area contributed by atoms with E-state index in [1.165, 1.54) is 5.56 Å². The van der Waals surface area contributed by atoms with Crippen molar-refractivity contribution in [1.82, 2.24) is 19.8 Å². The molecule has 0 aliphatic carbocycles. The molecule has 132 valence electrons. The van der Waals surface area contributed by atoms with Gasteiger partial charge in [0.05, 0.1) is 17.2 Å². The highest BCUT2D eigenvalue weighted by Crippen LogP contribution is 2.29. The van der Waals surface area contributed by atoms with Gasteiger partial charge in [-0.3, -0.25) is 19.8 Å². The zero-order valence-corrected chi connectivity index (χ0v) is 14.8. The van der Waals surface area contributed by atoms with Crippen LogP contribution in [0.15, 0.2) is 48.9 Å². The van der Waals surface area contributed by atoms with Crippen LogP contribution in [0.5, 0.6) is 0 Å². The third-order valence-corrected chi connectivity index (χ3v) is 6.83. The minimum Gasteiger partial charge on any atom is -0.292 e. The van der Waals surface area contributed by atoms with Crippen LogP contribution in [0.1, 0.15) is 11.3 Å². The lowest BCUT2D eigenvalue weighted by Crippen LogP contribution is -2.58. The molecule has 2 saturated heterocycles. The maximum atomic E-state index is 12.3. The molecule has 4 rings (SSSR count). The number of hydrogen-bond acceptors (Lipinski definition) is 6. The van der Waals surface area contributed by atoms with E-state index in [0.717, 1.165) is 25.3 Å². The summed E-state index contributed by atoms with van der Waals surface area (Å²) in [5, 5.41) is 0. The molecular weight excluding hydrogens is 336 g/mol. The van der Waals surface area contributed by atoms with Crippen molar-refractivity contribution in [1.29, 1.82) is 0 Å². The summed E-state index contributed by atoms with van der Waals surface area (Å²) in [4.78, 5) is 13.1. The van der Waals surface area contributed by atoms with E-state index >= 15 is 0 Å². The minimum absolute atomic E-state index is 0.0441. The third-order valence-electron chi connectivity index (χ3n) is 5.13. The molecule has 2 fully saturated rings. The van der Waals surface area contributed by atoms with E-state index in [2.05, 4.69) is 19.8 Å². The molecule has 2 atom stereocenters. The fourth-order valence-corrected chi connectivity index (χ4v) is 5.95. The summed E-state index contributed by atoms with van der Waals surface area (Å²) in [5.74, 6) is 0.499. The van der Waals surface area contributed by atoms with Gasteiger partial charge in [0.1, 0.15) is 0 Å². The summed E-state index contributed by atoms with van der Waals surface area (Å²) in [6.07, 6.45) is 5.36. The molecule has 0 amide bonds. The van der Waals surface area contributed by atoms with Crippen LogP contribution in [-0.2, 0) is 22.9 Å². The average Bonchev–Trinajstić information content (AvgIpc) is 2.95. The molecule has 2 aromatic rings. The van der Waals surface area contributed by atoms with Gasteiger partial charge < -0.3 is 0 Å². The van der Waals surface area contributed by atoms with Crippen molar-refractivity contribution in [2.45, 2.75) is 25.2 Å². The highest BCUT2D eigenvalue weighted by molar-refractivity contribution is 7.91. The molecule has 7 heteroatoms. The Morgan fingerprint density at radius 3 is 2.24 bits per heavy atom. The molecule has 0 aromatic carbocycles. The normalized spacial score (nSPS) is 26.4. The molecule has 2 aliphatic rings. The lowest BCUT2D eigenvalue weighted by molar-refractivity contribution is 0.0348. The number of hydrogen-bond donors (Lipinski definition) is 0. The number of aromatic nitrogens is 2. The number of rotatable bonds is 4. The van der Waals surface area contributed by atoms with E-state index in [4.69, 9.17) is 0 Å². The van der Waals surface area contributed by atoms with Crippen LogP contribution in [-0.4, -0.2) is 64.9 Å². The van der Waals surface area contributed by atoms with Crippen LogP contribution >= 0.6 is 0 Å². The molecular formula is C18H22N4O2S. The molecule has 0 bridgehead atoms. The van der Waals surface area contributed by atoms with Gasteiger partial charge in [-0.05, 0) is 29.8 Å². The van der Waals surface area contributed by atoms with E-state index in [9.17, 15) is 8.42 Å². The number of fused-ring (bicyclic) bond motifs is 1. The fraction of sp³-hybridized carbons (Fsp3) is 0.444. The molecule has 2 aromatic heterocycles. The smallest absolute Gasteiger partial charge is 0.153 e. The second kappa shape index (κ2) is 6.82. The highest BCUT2D eigenvalue weighted by atomic mass is 32.2. The Hall–Kier alpha value is -1.83. The first-order valence-corrected chi connectivity index (χ1v) is 10.4. The van der Waals surface area contributed by atoms with Crippen LogP contribution in [0.25, 0.3) is 0 Å². The van der Waals surface area contributed by atoms with Crippen molar-refractivity contribution < 1.29 is 8.42 Å². The van der Waals surface area contributed by atoms with Gasteiger partial charge in [-0.1, -0.05) is 6.07 Å². The molecule has 6 nitrogen and oxygen atoms in total. The molecule has 25 heavy (non-hydrogen) atoms. The largest absolute Gasteiger partial charge is 0.292 e. The quantitative estimate of drug-likeness (QED) is 0.811. The van der Waals surface area contributed by atoms with Crippen molar-refractivity contribution in [2.75, 3.05) is 24.6 Å². The topological polar surface area (TPSA) is 66.4 Å². The highest BCUT2D eigenvalue weighted by Gasteiger charge is 2.46. The standard InChI is InChI=1S/C18H22N4O2S/c23-25(24)13-17-18(14-25)22(12-16-3-1-2-6-20-16)10-9-21(17)11-15-4-7-19-8-5-15/h1-8,17-18H,9-14H2/t17-,18+/m0/s1. The van der Waals surface area contributed by atoms with Gasteiger partial charge in [-0.25, -0.2) is 8.42 Å². The second-order valence-electron chi connectivity index (χ2n) is 6.83. The first-order chi connectivity index (χ1) is 12.1. The predicted octanol–water partition coefficient (Wildman–Crippen LogP) is 0.960. The summed E-state index contributed by atoms with van der Waals surface area (Å²) in [7, 11) is -3.00. The summed E-state index contributed by atoms with van der Waals surface area (Å²) >= 11 is 0. The summed E-state index contributed by atoms with van der Waals surface area (Å²) in [6.45, 7) is 3.21. The SMILES string of the molecule is O=S1(=O)C[C@@H]2[C@H](C1)N(Cc1ccncc1)CCN2Cc1ccccn1. The van der Waals surface area contributed by atoms with Crippen LogP contribution in [0.2, 0.25) is 0 Å². The van der Waals surface area contributed by atoms with Crippen LogP contribution in [0, 0.1) is 0 Å². The molecule has 0 unspecified atom stereocenters. The van der Waals surface area contributed by atoms with E-state index in [1.54, 1.807) is 18.6 Å². The van der Waals surface area contributed by atoms with Gasteiger partial charge in [-0.2, -0.15) is 0 Å². The van der Waals surface area contributed by atoms with Crippen LogP contribution < -0.4 is 0 Å². The van der Waals surface area contributed by atoms with E-state index in [-0.39, 0.29) is 23.6 Å². The van der Waals surface area contributed by atoms with Crippen LogP contribution in [0.3, 0.4) is 0 Å². The van der Waals surface area contributed by atoms with Crippen molar-refractivity contribution in [3.8, 4) is 0 Å². The van der Waals surface area contributed by atoms with Gasteiger partial charge >= 0.3 is 0 Å².